The van der Waals surface area contributed by atoms with E-state index in [2.05, 4.69) is 44.3 Å². The fraction of sp³-hybridized carbons (Fsp3) is 0.478. The number of nitrogens with one attached hydrogen (secondary N) is 1. The molecule has 0 amide bonds. The van der Waals surface area contributed by atoms with Crippen LogP contribution >= 0.6 is 0 Å². The van der Waals surface area contributed by atoms with E-state index in [9.17, 15) is 0 Å². The molecular weight excluding hydrogens is 338 g/mol. The van der Waals surface area contributed by atoms with Gasteiger partial charge in [-0.3, -0.25) is 0 Å². The van der Waals surface area contributed by atoms with Crippen LogP contribution in [-0.2, 0) is 16.1 Å². The molecule has 0 saturated carbocycles. The summed E-state index contributed by atoms with van der Waals surface area (Å²) in [6.07, 6.45) is 1.77. The summed E-state index contributed by atoms with van der Waals surface area (Å²) in [6.45, 7) is 7.58. The van der Waals surface area contributed by atoms with Crippen LogP contribution in [0.15, 0.2) is 48.5 Å². The molecule has 2 atom stereocenters. The first-order valence-electron chi connectivity index (χ1n) is 9.83. The Bertz CT molecular complexity index is 730. The highest BCUT2D eigenvalue weighted by Crippen LogP contribution is 2.44. The Morgan fingerprint density at radius 1 is 1.07 bits per heavy atom. The smallest absolute Gasteiger partial charge is 0.132 e. The van der Waals surface area contributed by atoms with E-state index in [-0.39, 0.29) is 12.2 Å². The number of anilines is 1. The van der Waals surface area contributed by atoms with E-state index >= 15 is 0 Å². The lowest BCUT2D eigenvalue weighted by Crippen LogP contribution is -2.51. The highest BCUT2D eigenvalue weighted by Gasteiger charge is 2.45. The molecule has 0 radical (unpaired) electrons. The standard InChI is InChI=1S/C23H31NO3/c1-5-6-14-25-21-19-15-18(24-4)12-13-20(19)27-23(2,3)22(21)26-16-17-10-8-7-9-11-17/h7-13,15,21-22,24H,5-6,14,16H2,1-4H3. The second kappa shape index (κ2) is 8.77. The summed E-state index contributed by atoms with van der Waals surface area (Å²) in [5.74, 6) is 0.875. The monoisotopic (exact) mass is 369 g/mol. The third-order valence-corrected chi connectivity index (χ3v) is 5.01. The lowest BCUT2D eigenvalue weighted by molar-refractivity contribution is -0.167. The van der Waals surface area contributed by atoms with E-state index in [4.69, 9.17) is 14.2 Å². The molecule has 27 heavy (non-hydrogen) atoms. The molecule has 1 heterocycles. The van der Waals surface area contributed by atoms with Crippen molar-refractivity contribution in [3.05, 3.63) is 59.7 Å². The van der Waals surface area contributed by atoms with E-state index in [1.807, 2.05) is 37.4 Å². The second-order valence-corrected chi connectivity index (χ2v) is 7.57. The first-order valence-corrected chi connectivity index (χ1v) is 9.83. The average molecular weight is 370 g/mol. The van der Waals surface area contributed by atoms with Crippen LogP contribution in [0.25, 0.3) is 0 Å². The van der Waals surface area contributed by atoms with Crippen molar-refractivity contribution in [2.24, 2.45) is 0 Å². The summed E-state index contributed by atoms with van der Waals surface area (Å²) < 4.78 is 19.1. The molecular formula is C23H31NO3. The third kappa shape index (κ3) is 4.63. The molecule has 2 aromatic rings. The van der Waals surface area contributed by atoms with Crippen LogP contribution in [0.4, 0.5) is 5.69 Å². The van der Waals surface area contributed by atoms with Gasteiger partial charge in [0.05, 0.1) is 6.61 Å². The average Bonchev–Trinajstić information content (AvgIpc) is 2.67. The number of rotatable bonds is 8. The van der Waals surface area contributed by atoms with Crippen molar-refractivity contribution in [2.45, 2.75) is 58.0 Å². The van der Waals surface area contributed by atoms with E-state index in [0.717, 1.165) is 35.4 Å². The Morgan fingerprint density at radius 3 is 2.56 bits per heavy atom. The zero-order valence-corrected chi connectivity index (χ0v) is 16.8. The third-order valence-electron chi connectivity index (χ3n) is 5.01. The molecule has 0 aromatic heterocycles. The predicted molar refractivity (Wildman–Crippen MR) is 109 cm³/mol. The largest absolute Gasteiger partial charge is 0.485 e. The molecule has 1 aliphatic heterocycles. The highest BCUT2D eigenvalue weighted by atomic mass is 16.6. The van der Waals surface area contributed by atoms with Crippen LogP contribution < -0.4 is 10.1 Å². The van der Waals surface area contributed by atoms with Crippen molar-refractivity contribution in [1.82, 2.24) is 0 Å². The number of benzene rings is 2. The molecule has 0 bridgehead atoms. The lowest BCUT2D eigenvalue weighted by atomic mass is 9.87. The normalized spacial score (nSPS) is 20.6. The molecule has 4 heteroatoms. The molecule has 0 saturated heterocycles. The molecule has 146 valence electrons. The Morgan fingerprint density at radius 2 is 1.85 bits per heavy atom. The van der Waals surface area contributed by atoms with Crippen LogP contribution in [0.2, 0.25) is 0 Å². The Hall–Kier alpha value is -2.04. The molecule has 3 rings (SSSR count). The van der Waals surface area contributed by atoms with Crippen LogP contribution in [0.3, 0.4) is 0 Å². The van der Waals surface area contributed by atoms with Gasteiger partial charge in [0.15, 0.2) is 0 Å². The van der Waals surface area contributed by atoms with Gasteiger partial charge in [-0.05, 0) is 44.0 Å². The first-order chi connectivity index (χ1) is 13.0. The number of unbranched alkanes of at least 4 members (excludes halogenated alkanes) is 1. The highest BCUT2D eigenvalue weighted by molar-refractivity contribution is 5.53. The van der Waals surface area contributed by atoms with E-state index < -0.39 is 5.60 Å². The molecule has 2 aromatic carbocycles. The zero-order chi connectivity index (χ0) is 19.3. The minimum Gasteiger partial charge on any atom is -0.485 e. The van der Waals surface area contributed by atoms with Gasteiger partial charge in [-0.1, -0.05) is 43.7 Å². The van der Waals surface area contributed by atoms with E-state index in [1.165, 1.54) is 0 Å². The van der Waals surface area contributed by atoms with Crippen LogP contribution in [0.5, 0.6) is 5.75 Å². The predicted octanol–water partition coefficient (Wildman–Crippen LogP) is 5.34. The second-order valence-electron chi connectivity index (χ2n) is 7.57. The Balaban J connectivity index is 1.88. The van der Waals surface area contributed by atoms with Crippen molar-refractivity contribution in [2.75, 3.05) is 19.0 Å². The summed E-state index contributed by atoms with van der Waals surface area (Å²) in [6, 6.07) is 16.4. The Labute approximate surface area is 162 Å². The molecule has 1 aliphatic rings. The van der Waals surface area contributed by atoms with Crippen molar-refractivity contribution >= 4 is 5.69 Å². The van der Waals surface area contributed by atoms with Crippen molar-refractivity contribution in [3.63, 3.8) is 0 Å². The molecule has 4 nitrogen and oxygen atoms in total. The van der Waals surface area contributed by atoms with Gasteiger partial charge in [0.25, 0.3) is 0 Å². The van der Waals surface area contributed by atoms with Gasteiger partial charge >= 0.3 is 0 Å². The summed E-state index contributed by atoms with van der Waals surface area (Å²) in [7, 11) is 1.92. The van der Waals surface area contributed by atoms with Crippen LogP contribution in [0.1, 0.15) is 50.8 Å². The molecule has 2 unspecified atom stereocenters. The minimum atomic E-state index is -0.486. The lowest BCUT2D eigenvalue weighted by Gasteiger charge is -2.44. The number of fused-ring (bicyclic) bond motifs is 1. The first kappa shape index (κ1) is 19.7. The summed E-state index contributed by atoms with van der Waals surface area (Å²) >= 11 is 0. The van der Waals surface area contributed by atoms with Gasteiger partial charge in [-0.25, -0.2) is 0 Å². The van der Waals surface area contributed by atoms with E-state index in [1.54, 1.807) is 0 Å². The fourth-order valence-electron chi connectivity index (χ4n) is 3.47. The van der Waals surface area contributed by atoms with Gasteiger partial charge < -0.3 is 19.5 Å². The SMILES string of the molecule is CCCCOC1c2cc(NC)ccc2OC(C)(C)C1OCc1ccccc1. The van der Waals surface area contributed by atoms with Gasteiger partial charge in [-0.2, -0.15) is 0 Å². The van der Waals surface area contributed by atoms with Gasteiger partial charge in [0.2, 0.25) is 0 Å². The van der Waals surface area contributed by atoms with Crippen molar-refractivity contribution in [3.8, 4) is 5.75 Å². The number of hydrogen-bond donors (Lipinski definition) is 1. The number of ether oxygens (including phenoxy) is 3. The summed E-state index contributed by atoms with van der Waals surface area (Å²) in [5.41, 5.74) is 2.76. The Kier molecular flexibility index (Phi) is 6.40. The quantitative estimate of drug-likeness (QED) is 0.637. The molecule has 0 fully saturated rings. The van der Waals surface area contributed by atoms with Gasteiger partial charge in [0, 0.05) is 24.9 Å². The number of hydrogen-bond acceptors (Lipinski definition) is 4. The van der Waals surface area contributed by atoms with Gasteiger partial charge in [0.1, 0.15) is 23.6 Å². The minimum absolute atomic E-state index is 0.160. The maximum Gasteiger partial charge on any atom is 0.132 e. The van der Waals surface area contributed by atoms with Crippen molar-refractivity contribution in [1.29, 1.82) is 0 Å². The maximum absolute atomic E-state index is 6.39. The van der Waals surface area contributed by atoms with E-state index in [0.29, 0.717) is 13.2 Å². The maximum atomic E-state index is 6.39. The van der Waals surface area contributed by atoms with Crippen molar-refractivity contribution < 1.29 is 14.2 Å². The summed E-state index contributed by atoms with van der Waals surface area (Å²) in [5, 5.41) is 3.21. The fourth-order valence-corrected chi connectivity index (χ4v) is 3.47. The topological polar surface area (TPSA) is 39.7 Å². The molecule has 1 N–H and O–H groups in total. The summed E-state index contributed by atoms with van der Waals surface area (Å²) in [4.78, 5) is 0. The molecule has 0 spiro atoms. The van der Waals surface area contributed by atoms with Crippen LogP contribution in [0, 0.1) is 0 Å². The van der Waals surface area contributed by atoms with Gasteiger partial charge in [-0.15, -0.1) is 0 Å². The molecule has 0 aliphatic carbocycles. The van der Waals surface area contributed by atoms with Crippen LogP contribution in [-0.4, -0.2) is 25.4 Å². The zero-order valence-electron chi connectivity index (χ0n) is 16.8.